The maximum absolute atomic E-state index is 12.4. The summed E-state index contributed by atoms with van der Waals surface area (Å²) in [5.74, 6) is 1.03. The maximum Gasteiger partial charge on any atom is 0.343 e. The molecule has 3 aromatic rings. The molecular formula is C24H20O5. The molecule has 0 aliphatic carbocycles. The predicted molar refractivity (Wildman–Crippen MR) is 111 cm³/mol. The van der Waals surface area contributed by atoms with Gasteiger partial charge in [0.25, 0.3) is 0 Å². The van der Waals surface area contributed by atoms with Crippen LogP contribution in [0.2, 0.25) is 0 Å². The van der Waals surface area contributed by atoms with E-state index in [9.17, 15) is 9.59 Å². The Hall–Kier alpha value is -3.86. The largest absolute Gasteiger partial charge is 0.497 e. The van der Waals surface area contributed by atoms with Gasteiger partial charge in [-0.3, -0.25) is 4.79 Å². The molecule has 3 aromatic carbocycles. The van der Waals surface area contributed by atoms with Crippen LogP contribution in [-0.4, -0.2) is 26.0 Å². The van der Waals surface area contributed by atoms with E-state index in [0.717, 1.165) is 5.56 Å². The third-order valence-corrected chi connectivity index (χ3v) is 4.21. The van der Waals surface area contributed by atoms with E-state index >= 15 is 0 Å². The van der Waals surface area contributed by atoms with Crippen molar-refractivity contribution in [3.63, 3.8) is 0 Å². The number of carbonyl (C=O) groups excluding carboxylic acids is 2. The van der Waals surface area contributed by atoms with Gasteiger partial charge in [0.2, 0.25) is 0 Å². The van der Waals surface area contributed by atoms with Crippen molar-refractivity contribution in [1.82, 2.24) is 0 Å². The van der Waals surface area contributed by atoms with Crippen LogP contribution in [0.3, 0.4) is 0 Å². The summed E-state index contributed by atoms with van der Waals surface area (Å²) in [6, 6.07) is 20.5. The van der Waals surface area contributed by atoms with Crippen molar-refractivity contribution in [1.29, 1.82) is 0 Å². The summed E-state index contributed by atoms with van der Waals surface area (Å²) >= 11 is 0. The fourth-order valence-corrected chi connectivity index (χ4v) is 2.65. The molecule has 0 bridgehead atoms. The van der Waals surface area contributed by atoms with Crippen molar-refractivity contribution in [3.8, 4) is 17.2 Å². The number of rotatable bonds is 7. The summed E-state index contributed by atoms with van der Waals surface area (Å²) in [6.45, 7) is 0. The van der Waals surface area contributed by atoms with Gasteiger partial charge in [0.15, 0.2) is 5.78 Å². The number of benzene rings is 3. The third-order valence-electron chi connectivity index (χ3n) is 4.21. The van der Waals surface area contributed by atoms with Crippen LogP contribution in [0.4, 0.5) is 0 Å². The standard InChI is InChI=1S/C24H20O5/c1-27-21-14-10-18(23(16-21)28-2)11-15-22(25)17-8-12-20(13-9-17)29-24(26)19-6-4-3-5-7-19/h3-16H,1-2H3/b15-11+. The number of hydrogen-bond acceptors (Lipinski definition) is 5. The molecule has 0 unspecified atom stereocenters. The second kappa shape index (κ2) is 9.37. The summed E-state index contributed by atoms with van der Waals surface area (Å²) in [5.41, 5.74) is 1.70. The van der Waals surface area contributed by atoms with Crippen LogP contribution < -0.4 is 14.2 Å². The van der Waals surface area contributed by atoms with Crippen LogP contribution in [0.1, 0.15) is 26.3 Å². The molecule has 0 fully saturated rings. The maximum atomic E-state index is 12.4. The summed E-state index contributed by atoms with van der Waals surface area (Å²) in [6.07, 6.45) is 3.15. The molecule has 0 aromatic heterocycles. The smallest absolute Gasteiger partial charge is 0.343 e. The predicted octanol–water partition coefficient (Wildman–Crippen LogP) is 4.82. The monoisotopic (exact) mass is 388 g/mol. The average Bonchev–Trinajstić information content (AvgIpc) is 2.78. The topological polar surface area (TPSA) is 61.8 Å². The lowest BCUT2D eigenvalue weighted by Crippen LogP contribution is -2.08. The lowest BCUT2D eigenvalue weighted by Gasteiger charge is -2.07. The highest BCUT2D eigenvalue weighted by Crippen LogP contribution is 2.25. The summed E-state index contributed by atoms with van der Waals surface area (Å²) < 4.78 is 15.8. The van der Waals surface area contributed by atoms with Crippen LogP contribution in [0.25, 0.3) is 6.08 Å². The summed E-state index contributed by atoms with van der Waals surface area (Å²) in [5, 5.41) is 0. The Balaban J connectivity index is 1.67. The van der Waals surface area contributed by atoms with Gasteiger partial charge in [-0.1, -0.05) is 18.2 Å². The zero-order valence-electron chi connectivity index (χ0n) is 16.1. The fourth-order valence-electron chi connectivity index (χ4n) is 2.65. The Morgan fingerprint density at radius 1 is 0.759 bits per heavy atom. The van der Waals surface area contributed by atoms with Gasteiger partial charge in [-0.15, -0.1) is 0 Å². The molecule has 3 rings (SSSR count). The molecule has 29 heavy (non-hydrogen) atoms. The van der Waals surface area contributed by atoms with Crippen LogP contribution in [0, 0.1) is 0 Å². The molecule has 0 radical (unpaired) electrons. The Labute approximate surface area is 169 Å². The van der Waals surface area contributed by atoms with Gasteiger partial charge in [-0.2, -0.15) is 0 Å². The van der Waals surface area contributed by atoms with Gasteiger partial charge in [-0.25, -0.2) is 4.79 Å². The lowest BCUT2D eigenvalue weighted by molar-refractivity contribution is 0.0734. The number of allylic oxidation sites excluding steroid dienone is 1. The molecule has 0 heterocycles. The molecule has 0 spiro atoms. The molecule has 0 amide bonds. The first-order valence-corrected chi connectivity index (χ1v) is 8.92. The number of esters is 1. The lowest BCUT2D eigenvalue weighted by atomic mass is 10.1. The van der Waals surface area contributed by atoms with Gasteiger partial charge < -0.3 is 14.2 Å². The van der Waals surface area contributed by atoms with E-state index in [1.54, 1.807) is 81.0 Å². The first-order chi connectivity index (χ1) is 14.1. The minimum atomic E-state index is -0.448. The van der Waals surface area contributed by atoms with E-state index in [1.807, 2.05) is 12.1 Å². The first kappa shape index (κ1) is 19.9. The minimum Gasteiger partial charge on any atom is -0.497 e. The van der Waals surface area contributed by atoms with E-state index < -0.39 is 5.97 Å². The van der Waals surface area contributed by atoms with Crippen molar-refractivity contribution >= 4 is 17.8 Å². The van der Waals surface area contributed by atoms with Gasteiger partial charge in [0.05, 0.1) is 19.8 Å². The molecule has 0 aliphatic heterocycles. The highest BCUT2D eigenvalue weighted by molar-refractivity contribution is 6.07. The molecular weight excluding hydrogens is 368 g/mol. The Kier molecular flexibility index (Phi) is 6.43. The van der Waals surface area contributed by atoms with E-state index in [2.05, 4.69) is 0 Å². The van der Waals surface area contributed by atoms with E-state index in [0.29, 0.717) is 28.4 Å². The number of carbonyl (C=O) groups is 2. The molecule has 0 atom stereocenters. The quantitative estimate of drug-likeness (QED) is 0.251. The number of ether oxygens (including phenoxy) is 3. The second-order valence-electron chi connectivity index (χ2n) is 6.09. The fraction of sp³-hybridized carbons (Fsp3) is 0.0833. The van der Waals surface area contributed by atoms with Crippen LogP contribution in [-0.2, 0) is 0 Å². The van der Waals surface area contributed by atoms with Gasteiger partial charge in [0, 0.05) is 17.2 Å². The van der Waals surface area contributed by atoms with Crippen LogP contribution in [0.15, 0.2) is 78.9 Å². The Morgan fingerprint density at radius 2 is 1.45 bits per heavy atom. The highest BCUT2D eigenvalue weighted by Gasteiger charge is 2.09. The van der Waals surface area contributed by atoms with E-state index in [1.165, 1.54) is 6.08 Å². The Bertz CT molecular complexity index is 1020. The normalized spacial score (nSPS) is 10.6. The Morgan fingerprint density at radius 3 is 2.10 bits per heavy atom. The van der Waals surface area contributed by atoms with Crippen LogP contribution in [0.5, 0.6) is 17.2 Å². The highest BCUT2D eigenvalue weighted by atomic mass is 16.5. The molecule has 146 valence electrons. The second-order valence-corrected chi connectivity index (χ2v) is 6.09. The van der Waals surface area contributed by atoms with Gasteiger partial charge in [-0.05, 0) is 60.7 Å². The molecule has 0 N–H and O–H groups in total. The van der Waals surface area contributed by atoms with E-state index in [4.69, 9.17) is 14.2 Å². The van der Waals surface area contributed by atoms with E-state index in [-0.39, 0.29) is 5.78 Å². The molecule has 5 heteroatoms. The van der Waals surface area contributed by atoms with Crippen molar-refractivity contribution in [2.45, 2.75) is 0 Å². The number of hydrogen-bond donors (Lipinski definition) is 0. The van der Waals surface area contributed by atoms with Crippen molar-refractivity contribution < 1.29 is 23.8 Å². The molecule has 0 aliphatic rings. The SMILES string of the molecule is COc1ccc(/C=C/C(=O)c2ccc(OC(=O)c3ccccc3)cc2)c(OC)c1. The van der Waals surface area contributed by atoms with Crippen molar-refractivity contribution in [3.05, 3.63) is 95.6 Å². The molecule has 5 nitrogen and oxygen atoms in total. The summed E-state index contributed by atoms with van der Waals surface area (Å²) in [7, 11) is 3.14. The van der Waals surface area contributed by atoms with Crippen molar-refractivity contribution in [2.24, 2.45) is 0 Å². The number of methoxy groups -OCH3 is 2. The third kappa shape index (κ3) is 5.11. The average molecular weight is 388 g/mol. The zero-order valence-corrected chi connectivity index (χ0v) is 16.1. The van der Waals surface area contributed by atoms with Gasteiger partial charge in [0.1, 0.15) is 17.2 Å². The van der Waals surface area contributed by atoms with Crippen LogP contribution >= 0.6 is 0 Å². The number of ketones is 1. The van der Waals surface area contributed by atoms with Gasteiger partial charge >= 0.3 is 5.97 Å². The molecule has 0 saturated heterocycles. The minimum absolute atomic E-state index is 0.177. The molecule has 0 saturated carbocycles. The van der Waals surface area contributed by atoms with Crippen molar-refractivity contribution in [2.75, 3.05) is 14.2 Å². The zero-order chi connectivity index (χ0) is 20.6. The first-order valence-electron chi connectivity index (χ1n) is 8.92. The summed E-state index contributed by atoms with van der Waals surface area (Å²) in [4.78, 5) is 24.5.